The summed E-state index contributed by atoms with van der Waals surface area (Å²) in [4.78, 5) is 25.2. The summed E-state index contributed by atoms with van der Waals surface area (Å²) in [5.74, 6) is 0.347. The average molecular weight is 332 g/mol. The van der Waals surface area contributed by atoms with Crippen LogP contribution in [0, 0.1) is 0 Å². The number of nitrogens with zero attached hydrogens (tertiary/aromatic N) is 4. The van der Waals surface area contributed by atoms with Gasteiger partial charge in [-0.15, -0.1) is 0 Å². The van der Waals surface area contributed by atoms with Gasteiger partial charge in [0.15, 0.2) is 0 Å². The molecule has 5 nitrogen and oxygen atoms in total. The Morgan fingerprint density at radius 3 is 2.12 bits per heavy atom. The van der Waals surface area contributed by atoms with E-state index in [-0.39, 0.29) is 5.91 Å². The molecule has 3 rings (SSSR count). The van der Waals surface area contributed by atoms with Gasteiger partial charge in [-0.05, 0) is 37.3 Å². The number of amides is 1. The number of carbonyl (C=O) groups is 1. The van der Waals surface area contributed by atoms with Crippen molar-refractivity contribution in [3.63, 3.8) is 0 Å². The molecule has 1 heterocycles. The lowest BCUT2D eigenvalue weighted by atomic mass is 10.2. The van der Waals surface area contributed by atoms with E-state index in [4.69, 9.17) is 0 Å². The predicted octanol–water partition coefficient (Wildman–Crippen LogP) is 3.91. The maximum atomic E-state index is 12.8. The van der Waals surface area contributed by atoms with E-state index in [2.05, 4.69) is 9.97 Å². The first-order chi connectivity index (χ1) is 12.2. The van der Waals surface area contributed by atoms with Gasteiger partial charge < -0.3 is 9.80 Å². The second kappa shape index (κ2) is 7.57. The van der Waals surface area contributed by atoms with Crippen molar-refractivity contribution in [2.24, 2.45) is 0 Å². The molecular formula is C20H20N4O. The van der Waals surface area contributed by atoms with Gasteiger partial charge in [0.1, 0.15) is 5.69 Å². The molecule has 1 amide bonds. The van der Waals surface area contributed by atoms with Crippen molar-refractivity contribution in [1.29, 1.82) is 0 Å². The summed E-state index contributed by atoms with van der Waals surface area (Å²) in [6.07, 6.45) is 1.62. The summed E-state index contributed by atoms with van der Waals surface area (Å²) in [6.45, 7) is 2.73. The molecule has 25 heavy (non-hydrogen) atoms. The second-order valence-corrected chi connectivity index (χ2v) is 5.52. The number of carbonyl (C=O) groups excluding carboxylic acids is 1. The minimum atomic E-state index is -0.168. The van der Waals surface area contributed by atoms with Crippen molar-refractivity contribution >= 4 is 23.2 Å². The molecule has 2 aromatic carbocycles. The largest absolute Gasteiger partial charge is 0.311 e. The van der Waals surface area contributed by atoms with Crippen LogP contribution in [-0.2, 0) is 0 Å². The minimum Gasteiger partial charge on any atom is -0.311 e. The highest BCUT2D eigenvalue weighted by Crippen LogP contribution is 2.22. The highest BCUT2D eigenvalue weighted by Gasteiger charge is 2.17. The van der Waals surface area contributed by atoms with E-state index in [0.717, 1.165) is 11.4 Å². The normalized spacial score (nSPS) is 10.3. The Morgan fingerprint density at radius 2 is 1.52 bits per heavy atom. The third-order valence-electron chi connectivity index (χ3n) is 3.94. The summed E-state index contributed by atoms with van der Waals surface area (Å²) in [7, 11) is 1.74. The summed E-state index contributed by atoms with van der Waals surface area (Å²) in [5, 5.41) is 0. The van der Waals surface area contributed by atoms with Crippen LogP contribution >= 0.6 is 0 Å². The molecule has 0 saturated heterocycles. The van der Waals surface area contributed by atoms with Crippen molar-refractivity contribution in [3.8, 4) is 0 Å². The smallest absolute Gasteiger partial charge is 0.276 e. The van der Waals surface area contributed by atoms with Crippen LogP contribution in [0.1, 0.15) is 17.4 Å². The van der Waals surface area contributed by atoms with E-state index in [1.165, 1.54) is 0 Å². The van der Waals surface area contributed by atoms with E-state index in [1.54, 1.807) is 24.2 Å². The van der Waals surface area contributed by atoms with Gasteiger partial charge in [-0.2, -0.15) is 0 Å². The van der Waals surface area contributed by atoms with Gasteiger partial charge in [0.05, 0.1) is 0 Å². The highest BCUT2D eigenvalue weighted by molar-refractivity contribution is 6.04. The number of hydrogen-bond donors (Lipinski definition) is 0. The summed E-state index contributed by atoms with van der Waals surface area (Å²) < 4.78 is 0. The van der Waals surface area contributed by atoms with Crippen LogP contribution in [0.25, 0.3) is 0 Å². The van der Waals surface area contributed by atoms with Crippen molar-refractivity contribution in [1.82, 2.24) is 9.97 Å². The van der Waals surface area contributed by atoms with Crippen molar-refractivity contribution < 1.29 is 4.79 Å². The van der Waals surface area contributed by atoms with Crippen molar-refractivity contribution in [2.45, 2.75) is 6.92 Å². The molecule has 0 saturated carbocycles. The SMILES string of the molecule is CCN(c1ccccc1)c1nccc(C(=O)N(C)c2ccccc2)n1. The van der Waals surface area contributed by atoms with Crippen molar-refractivity contribution in [3.05, 3.63) is 78.6 Å². The summed E-state index contributed by atoms with van der Waals surface area (Å²) >= 11 is 0. The van der Waals surface area contributed by atoms with Crippen LogP contribution in [0.3, 0.4) is 0 Å². The molecule has 0 bridgehead atoms. The number of para-hydroxylation sites is 2. The van der Waals surface area contributed by atoms with Gasteiger partial charge >= 0.3 is 0 Å². The Hall–Kier alpha value is -3.21. The van der Waals surface area contributed by atoms with E-state index < -0.39 is 0 Å². The fraction of sp³-hybridized carbons (Fsp3) is 0.150. The quantitative estimate of drug-likeness (QED) is 0.711. The van der Waals surface area contributed by atoms with Gasteiger partial charge in [-0.3, -0.25) is 4.79 Å². The van der Waals surface area contributed by atoms with E-state index in [9.17, 15) is 4.79 Å². The first kappa shape index (κ1) is 16.6. The first-order valence-corrected chi connectivity index (χ1v) is 8.19. The molecule has 0 spiro atoms. The molecule has 0 radical (unpaired) electrons. The van der Waals surface area contributed by atoms with E-state index >= 15 is 0 Å². The monoisotopic (exact) mass is 332 g/mol. The Morgan fingerprint density at radius 1 is 0.920 bits per heavy atom. The van der Waals surface area contributed by atoms with Crippen LogP contribution < -0.4 is 9.80 Å². The van der Waals surface area contributed by atoms with Crippen LogP contribution in [0.15, 0.2) is 72.9 Å². The van der Waals surface area contributed by atoms with E-state index in [0.29, 0.717) is 18.2 Å². The zero-order chi connectivity index (χ0) is 17.6. The van der Waals surface area contributed by atoms with Crippen LogP contribution in [-0.4, -0.2) is 29.5 Å². The molecule has 0 aliphatic carbocycles. The number of anilines is 3. The van der Waals surface area contributed by atoms with Crippen LogP contribution in [0.2, 0.25) is 0 Å². The van der Waals surface area contributed by atoms with Crippen LogP contribution in [0.4, 0.5) is 17.3 Å². The van der Waals surface area contributed by atoms with Gasteiger partial charge in [0.2, 0.25) is 5.95 Å². The number of aromatic nitrogens is 2. The molecule has 0 atom stereocenters. The Balaban J connectivity index is 1.89. The molecule has 1 aromatic heterocycles. The predicted molar refractivity (Wildman–Crippen MR) is 100 cm³/mol. The maximum absolute atomic E-state index is 12.8. The second-order valence-electron chi connectivity index (χ2n) is 5.52. The van der Waals surface area contributed by atoms with Gasteiger partial charge in [-0.25, -0.2) is 9.97 Å². The summed E-state index contributed by atoms with van der Waals surface area (Å²) in [6, 6.07) is 21.0. The number of rotatable bonds is 5. The van der Waals surface area contributed by atoms with E-state index in [1.807, 2.05) is 72.5 Å². The lowest BCUT2D eigenvalue weighted by molar-refractivity contribution is 0.0988. The standard InChI is InChI=1S/C20H20N4O/c1-3-24(17-12-8-5-9-13-17)20-21-15-14-18(22-20)19(25)23(2)16-10-6-4-7-11-16/h4-15H,3H2,1-2H3. The topological polar surface area (TPSA) is 49.3 Å². The third-order valence-corrected chi connectivity index (χ3v) is 3.94. The molecule has 5 heteroatoms. The van der Waals surface area contributed by atoms with Gasteiger partial charge in [-0.1, -0.05) is 36.4 Å². The zero-order valence-corrected chi connectivity index (χ0v) is 14.3. The molecular weight excluding hydrogens is 312 g/mol. The maximum Gasteiger partial charge on any atom is 0.276 e. The molecule has 0 aliphatic heterocycles. The van der Waals surface area contributed by atoms with Crippen LogP contribution in [0.5, 0.6) is 0 Å². The van der Waals surface area contributed by atoms with Crippen molar-refractivity contribution in [2.75, 3.05) is 23.4 Å². The fourth-order valence-electron chi connectivity index (χ4n) is 2.59. The average Bonchev–Trinajstić information content (AvgIpc) is 2.69. The number of hydrogen-bond acceptors (Lipinski definition) is 4. The summed E-state index contributed by atoms with van der Waals surface area (Å²) in [5.41, 5.74) is 2.18. The highest BCUT2D eigenvalue weighted by atomic mass is 16.2. The molecule has 0 fully saturated rings. The minimum absolute atomic E-state index is 0.168. The molecule has 0 aliphatic rings. The third kappa shape index (κ3) is 3.66. The first-order valence-electron chi connectivity index (χ1n) is 8.19. The Bertz CT molecular complexity index is 837. The molecule has 0 unspecified atom stereocenters. The fourth-order valence-corrected chi connectivity index (χ4v) is 2.59. The molecule has 0 N–H and O–H groups in total. The molecule has 3 aromatic rings. The van der Waals surface area contributed by atoms with Gasteiger partial charge in [0.25, 0.3) is 5.91 Å². The molecule has 126 valence electrons. The number of benzene rings is 2. The lowest BCUT2D eigenvalue weighted by Crippen LogP contribution is -2.28. The Kier molecular flexibility index (Phi) is 5.04. The Labute approximate surface area is 147 Å². The van der Waals surface area contributed by atoms with Gasteiger partial charge in [0, 0.05) is 31.2 Å². The lowest BCUT2D eigenvalue weighted by Gasteiger charge is -2.22. The zero-order valence-electron chi connectivity index (χ0n) is 14.3.